The van der Waals surface area contributed by atoms with Crippen LogP contribution in [0.5, 0.6) is 0 Å². The fourth-order valence-electron chi connectivity index (χ4n) is 2.23. The zero-order chi connectivity index (χ0) is 11.6. The molecule has 0 aromatic carbocycles. The highest BCUT2D eigenvalue weighted by atomic mass is 16.5. The lowest BCUT2D eigenvalue weighted by molar-refractivity contribution is -0.142. The average molecular weight is 226 g/mol. The highest BCUT2D eigenvalue weighted by Gasteiger charge is 2.33. The first-order valence-electron chi connectivity index (χ1n) is 5.71. The lowest BCUT2D eigenvalue weighted by atomic mass is 9.82. The van der Waals surface area contributed by atoms with Crippen molar-refractivity contribution >= 4 is 11.8 Å². The minimum atomic E-state index is -0.0599. The van der Waals surface area contributed by atoms with Gasteiger partial charge in [-0.3, -0.25) is 9.59 Å². The molecule has 0 aromatic heterocycles. The second-order valence-electron chi connectivity index (χ2n) is 4.95. The third-order valence-electron chi connectivity index (χ3n) is 3.40. The van der Waals surface area contributed by atoms with Gasteiger partial charge in [-0.05, 0) is 18.3 Å². The van der Waals surface area contributed by atoms with Crippen molar-refractivity contribution in [3.63, 3.8) is 0 Å². The van der Waals surface area contributed by atoms with Gasteiger partial charge in [0, 0.05) is 19.8 Å². The molecule has 2 heterocycles. The maximum Gasteiger partial charge on any atom is 0.242 e. The zero-order valence-corrected chi connectivity index (χ0v) is 9.62. The van der Waals surface area contributed by atoms with Crippen molar-refractivity contribution in [1.82, 2.24) is 10.2 Å². The van der Waals surface area contributed by atoms with Gasteiger partial charge < -0.3 is 15.0 Å². The molecule has 2 fully saturated rings. The summed E-state index contributed by atoms with van der Waals surface area (Å²) in [7, 11) is 0. The molecule has 2 amide bonds. The number of rotatable bonds is 2. The monoisotopic (exact) mass is 226 g/mol. The molecule has 2 saturated heterocycles. The maximum absolute atomic E-state index is 11.6. The number of ether oxygens (including phenoxy) is 1. The summed E-state index contributed by atoms with van der Waals surface area (Å²) in [5, 5.41) is 2.56. The summed E-state index contributed by atoms with van der Waals surface area (Å²) in [6, 6.07) is 0. The summed E-state index contributed by atoms with van der Waals surface area (Å²) in [6.07, 6.45) is 1.91. The predicted molar refractivity (Wildman–Crippen MR) is 57.7 cm³/mol. The quantitative estimate of drug-likeness (QED) is 0.707. The van der Waals surface area contributed by atoms with Crippen molar-refractivity contribution in [3.8, 4) is 0 Å². The van der Waals surface area contributed by atoms with E-state index in [1.54, 1.807) is 4.90 Å². The SMILES string of the molecule is CC1(CN2CC(=O)NCC2=O)CCOCC1. The van der Waals surface area contributed by atoms with Gasteiger partial charge in [0.05, 0.1) is 13.1 Å². The van der Waals surface area contributed by atoms with E-state index in [1.807, 2.05) is 0 Å². The van der Waals surface area contributed by atoms with Crippen LogP contribution >= 0.6 is 0 Å². The van der Waals surface area contributed by atoms with Gasteiger partial charge in [0.15, 0.2) is 0 Å². The van der Waals surface area contributed by atoms with Crippen molar-refractivity contribution < 1.29 is 14.3 Å². The third kappa shape index (κ3) is 2.52. The van der Waals surface area contributed by atoms with E-state index < -0.39 is 0 Å². The number of carbonyl (C=O) groups excluding carboxylic acids is 2. The van der Waals surface area contributed by atoms with E-state index in [1.165, 1.54) is 0 Å². The largest absolute Gasteiger partial charge is 0.381 e. The lowest BCUT2D eigenvalue weighted by Gasteiger charge is -2.39. The molecule has 1 N–H and O–H groups in total. The molecule has 90 valence electrons. The van der Waals surface area contributed by atoms with Gasteiger partial charge in [0.2, 0.25) is 11.8 Å². The lowest BCUT2D eigenvalue weighted by Crippen LogP contribution is -2.54. The van der Waals surface area contributed by atoms with Crippen LogP contribution in [-0.4, -0.2) is 49.6 Å². The molecule has 0 radical (unpaired) electrons. The van der Waals surface area contributed by atoms with Crippen molar-refractivity contribution in [3.05, 3.63) is 0 Å². The van der Waals surface area contributed by atoms with Crippen LogP contribution in [0.4, 0.5) is 0 Å². The summed E-state index contributed by atoms with van der Waals surface area (Å²) in [5.74, 6) is -0.0393. The molecular weight excluding hydrogens is 208 g/mol. The average Bonchev–Trinajstić information content (AvgIpc) is 2.24. The standard InChI is InChI=1S/C11H18N2O3/c1-11(2-4-16-5-3-11)8-13-7-9(14)12-6-10(13)15/h2-8H2,1H3,(H,12,14). The van der Waals surface area contributed by atoms with Crippen LogP contribution in [0.3, 0.4) is 0 Å². The third-order valence-corrected chi connectivity index (χ3v) is 3.40. The second-order valence-corrected chi connectivity index (χ2v) is 4.95. The van der Waals surface area contributed by atoms with E-state index in [4.69, 9.17) is 4.74 Å². The molecule has 5 heteroatoms. The normalized spacial score (nSPS) is 25.4. The van der Waals surface area contributed by atoms with Crippen LogP contribution in [0.1, 0.15) is 19.8 Å². The molecule has 2 aliphatic heterocycles. The predicted octanol–water partition coefficient (Wildman–Crippen LogP) is -0.238. The Balaban J connectivity index is 1.96. The summed E-state index contributed by atoms with van der Waals surface area (Å²) < 4.78 is 5.32. The minimum Gasteiger partial charge on any atom is -0.381 e. The number of hydrogen-bond acceptors (Lipinski definition) is 3. The Labute approximate surface area is 95.1 Å². The van der Waals surface area contributed by atoms with Crippen LogP contribution in [-0.2, 0) is 14.3 Å². The van der Waals surface area contributed by atoms with E-state index >= 15 is 0 Å². The summed E-state index contributed by atoms with van der Waals surface area (Å²) >= 11 is 0. The first-order valence-corrected chi connectivity index (χ1v) is 5.71. The molecule has 0 aliphatic carbocycles. The Kier molecular flexibility index (Phi) is 3.14. The summed E-state index contributed by atoms with van der Waals surface area (Å²) in [5.41, 5.74) is 0.103. The van der Waals surface area contributed by atoms with Crippen molar-refractivity contribution in [2.45, 2.75) is 19.8 Å². The van der Waals surface area contributed by atoms with Crippen LogP contribution in [0.2, 0.25) is 0 Å². The van der Waals surface area contributed by atoms with Gasteiger partial charge in [-0.15, -0.1) is 0 Å². The van der Waals surface area contributed by atoms with Crippen molar-refractivity contribution in [1.29, 1.82) is 0 Å². The second kappa shape index (κ2) is 4.41. The fraction of sp³-hybridized carbons (Fsp3) is 0.818. The number of carbonyl (C=O) groups is 2. The summed E-state index contributed by atoms with van der Waals surface area (Å²) in [6.45, 7) is 4.69. The van der Waals surface area contributed by atoms with Crippen LogP contribution < -0.4 is 5.32 Å². The van der Waals surface area contributed by atoms with E-state index in [-0.39, 0.29) is 30.3 Å². The molecule has 0 bridgehead atoms. The molecule has 0 atom stereocenters. The number of piperazine rings is 1. The fourth-order valence-corrected chi connectivity index (χ4v) is 2.23. The van der Waals surface area contributed by atoms with E-state index in [9.17, 15) is 9.59 Å². The van der Waals surface area contributed by atoms with Gasteiger partial charge in [-0.2, -0.15) is 0 Å². The van der Waals surface area contributed by atoms with E-state index in [0.717, 1.165) is 26.1 Å². The van der Waals surface area contributed by atoms with E-state index in [2.05, 4.69) is 12.2 Å². The van der Waals surface area contributed by atoms with Crippen LogP contribution in [0.15, 0.2) is 0 Å². The zero-order valence-electron chi connectivity index (χ0n) is 9.62. The first-order chi connectivity index (χ1) is 7.59. The number of nitrogens with zero attached hydrogens (tertiary/aromatic N) is 1. The molecule has 16 heavy (non-hydrogen) atoms. The van der Waals surface area contributed by atoms with Gasteiger partial charge in [0.25, 0.3) is 0 Å². The first kappa shape index (κ1) is 11.4. The molecule has 2 rings (SSSR count). The number of nitrogens with one attached hydrogen (secondary N) is 1. The molecule has 0 aromatic rings. The Hall–Kier alpha value is -1.10. The molecule has 2 aliphatic rings. The molecular formula is C11H18N2O3. The maximum atomic E-state index is 11.6. The highest BCUT2D eigenvalue weighted by Crippen LogP contribution is 2.30. The van der Waals surface area contributed by atoms with Crippen LogP contribution in [0, 0.1) is 5.41 Å². The minimum absolute atomic E-state index is 0.0207. The van der Waals surface area contributed by atoms with Gasteiger partial charge in [0.1, 0.15) is 0 Å². The Morgan fingerprint density at radius 2 is 2.06 bits per heavy atom. The Morgan fingerprint density at radius 1 is 1.38 bits per heavy atom. The molecule has 0 spiro atoms. The van der Waals surface area contributed by atoms with Gasteiger partial charge >= 0.3 is 0 Å². The number of hydrogen-bond donors (Lipinski definition) is 1. The molecule has 0 saturated carbocycles. The topological polar surface area (TPSA) is 58.6 Å². The van der Waals surface area contributed by atoms with Crippen LogP contribution in [0.25, 0.3) is 0 Å². The van der Waals surface area contributed by atoms with E-state index in [0.29, 0.717) is 6.54 Å². The number of amides is 2. The Bertz CT molecular complexity index is 298. The molecule has 5 nitrogen and oxygen atoms in total. The van der Waals surface area contributed by atoms with Gasteiger partial charge in [-0.1, -0.05) is 6.92 Å². The Morgan fingerprint density at radius 3 is 2.75 bits per heavy atom. The highest BCUT2D eigenvalue weighted by molar-refractivity contribution is 5.92. The smallest absolute Gasteiger partial charge is 0.242 e. The van der Waals surface area contributed by atoms with Gasteiger partial charge in [-0.25, -0.2) is 0 Å². The summed E-state index contributed by atoms with van der Waals surface area (Å²) in [4.78, 5) is 24.5. The molecule has 0 unspecified atom stereocenters. The van der Waals surface area contributed by atoms with Crippen molar-refractivity contribution in [2.24, 2.45) is 5.41 Å². The van der Waals surface area contributed by atoms with Crippen molar-refractivity contribution in [2.75, 3.05) is 32.8 Å².